The van der Waals surface area contributed by atoms with Gasteiger partial charge in [-0.25, -0.2) is 0 Å². The molecule has 4 rings (SSSR count). The van der Waals surface area contributed by atoms with Crippen molar-refractivity contribution in [2.24, 2.45) is 0 Å². The maximum Gasteiger partial charge on any atom is 0.258 e. The molecule has 0 bridgehead atoms. The Labute approximate surface area is 180 Å². The quantitative estimate of drug-likeness (QED) is 0.451. The van der Waals surface area contributed by atoms with Gasteiger partial charge < -0.3 is 14.7 Å². The fourth-order valence-electron chi connectivity index (χ4n) is 3.52. The van der Waals surface area contributed by atoms with Gasteiger partial charge in [0.2, 0.25) is 5.82 Å². The molecule has 0 saturated carbocycles. The molecule has 0 spiro atoms. The van der Waals surface area contributed by atoms with Crippen LogP contribution in [-0.2, 0) is 0 Å². The topological polar surface area (TPSA) is 54.2 Å². The summed E-state index contributed by atoms with van der Waals surface area (Å²) in [6.45, 7) is 4.90. The van der Waals surface area contributed by atoms with E-state index in [4.69, 9.17) is 21.7 Å². The van der Waals surface area contributed by atoms with Gasteiger partial charge in [0.05, 0.1) is 11.6 Å². The normalized spacial score (nSPS) is 16.9. The average molecular weight is 423 g/mol. The summed E-state index contributed by atoms with van der Waals surface area (Å²) in [5.41, 5.74) is 4.01. The van der Waals surface area contributed by atoms with Crippen molar-refractivity contribution in [2.75, 3.05) is 12.8 Å². The van der Waals surface area contributed by atoms with Crippen LogP contribution in [0.15, 0.2) is 69.7 Å². The Morgan fingerprint density at radius 2 is 1.86 bits per heavy atom. The number of hydrogen-bond acceptors (Lipinski definition) is 5. The van der Waals surface area contributed by atoms with Crippen LogP contribution in [0.4, 0.5) is 0 Å². The highest BCUT2D eigenvalue weighted by Crippen LogP contribution is 2.37. The first-order valence-corrected chi connectivity index (χ1v) is 11.1. The lowest BCUT2D eigenvalue weighted by atomic mass is 9.95. The minimum absolute atomic E-state index is 0.148. The molecule has 5 nitrogen and oxygen atoms in total. The SMILES string of the molecule is CCN1C(=S)NC(c2ccc(SC)cc2)C(c2nc(-c3ccccc3)no2)=C1C. The molecular formula is C22H22N4OS2. The minimum atomic E-state index is -0.148. The molecule has 2 aromatic carbocycles. The molecule has 1 aliphatic rings. The largest absolute Gasteiger partial charge is 0.351 e. The van der Waals surface area contributed by atoms with Crippen LogP contribution in [0.5, 0.6) is 0 Å². The molecule has 1 aliphatic heterocycles. The summed E-state index contributed by atoms with van der Waals surface area (Å²) >= 11 is 7.34. The van der Waals surface area contributed by atoms with Crippen LogP contribution in [0.25, 0.3) is 17.0 Å². The van der Waals surface area contributed by atoms with Crippen LogP contribution in [0, 0.1) is 0 Å². The number of rotatable bonds is 5. The van der Waals surface area contributed by atoms with E-state index in [1.807, 2.05) is 30.3 Å². The predicted octanol–water partition coefficient (Wildman–Crippen LogP) is 5.14. The predicted molar refractivity (Wildman–Crippen MR) is 121 cm³/mol. The van der Waals surface area contributed by atoms with Crippen LogP contribution >= 0.6 is 24.0 Å². The van der Waals surface area contributed by atoms with Crippen LogP contribution < -0.4 is 5.32 Å². The molecule has 1 N–H and O–H groups in total. The summed E-state index contributed by atoms with van der Waals surface area (Å²) in [6.07, 6.45) is 2.07. The number of aromatic nitrogens is 2. The lowest BCUT2D eigenvalue weighted by Gasteiger charge is -2.36. The van der Waals surface area contributed by atoms with Crippen molar-refractivity contribution in [3.05, 3.63) is 71.7 Å². The van der Waals surface area contributed by atoms with E-state index in [1.54, 1.807) is 11.8 Å². The Morgan fingerprint density at radius 3 is 2.52 bits per heavy atom. The number of nitrogens with one attached hydrogen (secondary N) is 1. The third kappa shape index (κ3) is 3.80. The molecule has 29 heavy (non-hydrogen) atoms. The average Bonchev–Trinajstić information content (AvgIpc) is 3.24. The Bertz CT molecular complexity index is 1040. The zero-order valence-corrected chi connectivity index (χ0v) is 18.2. The van der Waals surface area contributed by atoms with Crippen LogP contribution in [-0.4, -0.2) is 33.0 Å². The highest BCUT2D eigenvalue weighted by atomic mass is 32.2. The standard InChI is InChI=1S/C22H22N4OS2/c1-4-26-14(2)18(21-24-20(25-27-21)16-8-6-5-7-9-16)19(23-22(26)28)15-10-12-17(29-3)13-11-15/h5-13,19H,4H2,1-3H3,(H,23,28). The van der Waals surface area contributed by atoms with Crippen molar-refractivity contribution in [2.45, 2.75) is 24.8 Å². The van der Waals surface area contributed by atoms with Gasteiger partial charge in [-0.05, 0) is 50.0 Å². The van der Waals surface area contributed by atoms with Gasteiger partial charge in [0, 0.05) is 22.7 Å². The molecule has 0 fully saturated rings. The maximum atomic E-state index is 5.72. The van der Waals surface area contributed by atoms with Crippen molar-refractivity contribution in [1.29, 1.82) is 0 Å². The first kappa shape index (κ1) is 19.7. The molecule has 2 heterocycles. The second-order valence-electron chi connectivity index (χ2n) is 6.69. The maximum absolute atomic E-state index is 5.72. The van der Waals surface area contributed by atoms with Gasteiger partial charge in [-0.1, -0.05) is 47.6 Å². The van der Waals surface area contributed by atoms with Crippen molar-refractivity contribution >= 4 is 34.7 Å². The van der Waals surface area contributed by atoms with Gasteiger partial charge in [-0.2, -0.15) is 4.98 Å². The molecule has 1 atom stereocenters. The second-order valence-corrected chi connectivity index (χ2v) is 7.95. The number of hydrogen-bond donors (Lipinski definition) is 1. The van der Waals surface area contributed by atoms with Crippen molar-refractivity contribution in [3.8, 4) is 11.4 Å². The summed E-state index contributed by atoms with van der Waals surface area (Å²) in [5, 5.41) is 8.39. The third-order valence-corrected chi connectivity index (χ3v) is 6.13. The van der Waals surface area contributed by atoms with Gasteiger partial charge in [0.25, 0.3) is 5.89 Å². The second kappa shape index (κ2) is 8.39. The van der Waals surface area contributed by atoms with Crippen molar-refractivity contribution < 1.29 is 4.52 Å². The summed E-state index contributed by atoms with van der Waals surface area (Å²) in [7, 11) is 0. The van der Waals surface area contributed by atoms with E-state index in [0.29, 0.717) is 16.8 Å². The molecule has 0 aliphatic carbocycles. The summed E-state index contributed by atoms with van der Waals surface area (Å²) in [4.78, 5) is 7.98. The smallest absolute Gasteiger partial charge is 0.258 e. The van der Waals surface area contributed by atoms with Gasteiger partial charge in [-0.3, -0.25) is 0 Å². The lowest BCUT2D eigenvalue weighted by Crippen LogP contribution is -2.45. The number of nitrogens with zero attached hydrogens (tertiary/aromatic N) is 3. The monoisotopic (exact) mass is 422 g/mol. The van der Waals surface area contributed by atoms with E-state index in [-0.39, 0.29) is 6.04 Å². The Balaban J connectivity index is 1.80. The molecule has 0 radical (unpaired) electrons. The number of allylic oxidation sites excluding steroid dienone is 1. The zero-order valence-electron chi connectivity index (χ0n) is 16.5. The molecule has 1 aromatic heterocycles. The fourth-order valence-corrected chi connectivity index (χ4v) is 4.32. The summed E-state index contributed by atoms with van der Waals surface area (Å²) in [5.74, 6) is 1.09. The number of thioether (sulfide) groups is 1. The van der Waals surface area contributed by atoms with E-state index < -0.39 is 0 Å². The molecular weight excluding hydrogens is 400 g/mol. The highest BCUT2D eigenvalue weighted by Gasteiger charge is 2.33. The van der Waals surface area contributed by atoms with Gasteiger partial charge in [0.15, 0.2) is 5.11 Å². The van der Waals surface area contributed by atoms with E-state index in [0.717, 1.165) is 28.9 Å². The first-order chi connectivity index (χ1) is 14.1. The summed E-state index contributed by atoms with van der Waals surface area (Å²) in [6, 6.07) is 18.2. The van der Waals surface area contributed by atoms with E-state index >= 15 is 0 Å². The Kier molecular flexibility index (Phi) is 5.69. The van der Waals surface area contributed by atoms with Gasteiger partial charge >= 0.3 is 0 Å². The molecule has 1 unspecified atom stereocenters. The highest BCUT2D eigenvalue weighted by molar-refractivity contribution is 7.98. The zero-order chi connectivity index (χ0) is 20.4. The first-order valence-electron chi connectivity index (χ1n) is 9.44. The van der Waals surface area contributed by atoms with Crippen LogP contribution in [0.2, 0.25) is 0 Å². The molecule has 148 valence electrons. The van der Waals surface area contributed by atoms with Gasteiger partial charge in [0.1, 0.15) is 0 Å². The lowest BCUT2D eigenvalue weighted by molar-refractivity contribution is 0.398. The van der Waals surface area contributed by atoms with Crippen LogP contribution in [0.3, 0.4) is 0 Å². The molecule has 0 saturated heterocycles. The number of thiocarbonyl (C=S) groups is 1. The van der Waals surface area contributed by atoms with Gasteiger partial charge in [-0.15, -0.1) is 11.8 Å². The van der Waals surface area contributed by atoms with E-state index in [1.165, 1.54) is 4.90 Å². The fraction of sp³-hybridized carbons (Fsp3) is 0.227. The molecule has 0 amide bonds. The van der Waals surface area contributed by atoms with E-state index in [2.05, 4.69) is 59.7 Å². The molecule has 3 aromatic rings. The third-order valence-electron chi connectivity index (χ3n) is 5.05. The minimum Gasteiger partial charge on any atom is -0.351 e. The Morgan fingerprint density at radius 1 is 1.14 bits per heavy atom. The van der Waals surface area contributed by atoms with Crippen molar-refractivity contribution in [1.82, 2.24) is 20.4 Å². The Hall–Kier alpha value is -2.64. The van der Waals surface area contributed by atoms with E-state index in [9.17, 15) is 0 Å². The van der Waals surface area contributed by atoms with Crippen LogP contribution in [0.1, 0.15) is 31.3 Å². The molecule has 7 heteroatoms. The number of benzene rings is 2. The van der Waals surface area contributed by atoms with Crippen molar-refractivity contribution in [3.63, 3.8) is 0 Å². The summed E-state index contributed by atoms with van der Waals surface area (Å²) < 4.78 is 5.72.